The molecule has 7 heteroatoms. The monoisotopic (exact) mass is 287 g/mol. The Labute approximate surface area is 117 Å². The zero-order valence-corrected chi connectivity index (χ0v) is 12.3. The Morgan fingerprint density at radius 3 is 2.53 bits per heavy atom. The maximum Gasteiger partial charge on any atom is 0.243 e. The quantitative estimate of drug-likeness (QED) is 0.421. The lowest BCUT2D eigenvalue weighted by Crippen LogP contribution is -2.46. The summed E-state index contributed by atoms with van der Waals surface area (Å²) < 4.78 is 0. The molecular weight excluding hydrogens is 266 g/mol. The topological polar surface area (TPSA) is 87.3 Å². The van der Waals surface area contributed by atoms with Gasteiger partial charge in [0.05, 0.1) is 0 Å². The number of rotatable bonds is 8. The average molecular weight is 287 g/mol. The number of carbonyl (C=O) groups excluding carboxylic acids is 3. The summed E-state index contributed by atoms with van der Waals surface area (Å²) in [5, 5.41) is 7.79. The third-order valence-corrected chi connectivity index (χ3v) is 3.15. The molecule has 0 bridgehead atoms. The molecule has 1 atom stereocenters. The van der Waals surface area contributed by atoms with Crippen LogP contribution in [0.5, 0.6) is 0 Å². The van der Waals surface area contributed by atoms with Crippen LogP contribution >= 0.6 is 11.8 Å². The Kier molecular flexibility index (Phi) is 9.60. The molecular formula is C12H21N3O3S. The first-order chi connectivity index (χ1) is 9.01. The molecule has 0 aromatic rings. The van der Waals surface area contributed by atoms with E-state index >= 15 is 0 Å². The van der Waals surface area contributed by atoms with E-state index in [9.17, 15) is 14.4 Å². The van der Waals surface area contributed by atoms with E-state index in [1.165, 1.54) is 31.8 Å². The fourth-order valence-electron chi connectivity index (χ4n) is 1.26. The second kappa shape index (κ2) is 10.4. The highest BCUT2D eigenvalue weighted by Crippen LogP contribution is 2.02. The summed E-state index contributed by atoms with van der Waals surface area (Å²) in [5.74, 6) is 0.554. The smallest absolute Gasteiger partial charge is 0.243 e. The highest BCUT2D eigenvalue weighted by atomic mass is 32.2. The van der Waals surface area contributed by atoms with Gasteiger partial charge in [0, 0.05) is 32.0 Å². The normalized spacial score (nSPS) is 11.9. The molecule has 0 aliphatic rings. The summed E-state index contributed by atoms with van der Waals surface area (Å²) in [7, 11) is 1.53. The lowest BCUT2D eigenvalue weighted by atomic mass is 10.3. The molecule has 0 saturated heterocycles. The summed E-state index contributed by atoms with van der Waals surface area (Å²) in [5.41, 5.74) is 0. The minimum Gasteiger partial charge on any atom is -0.357 e. The molecule has 3 amide bonds. The molecule has 0 aliphatic heterocycles. The Balaban J connectivity index is 3.90. The molecule has 0 heterocycles. The largest absolute Gasteiger partial charge is 0.357 e. The number of allylic oxidation sites excluding steroid dienone is 1. The van der Waals surface area contributed by atoms with Gasteiger partial charge in [0.1, 0.15) is 6.04 Å². The lowest BCUT2D eigenvalue weighted by molar-refractivity contribution is -0.127. The molecule has 0 aromatic carbocycles. The van der Waals surface area contributed by atoms with Crippen LogP contribution in [0, 0.1) is 0 Å². The summed E-state index contributed by atoms with van der Waals surface area (Å²) in [6.07, 6.45) is 3.12. The fourth-order valence-corrected chi connectivity index (χ4v) is 2.14. The van der Waals surface area contributed by atoms with Gasteiger partial charge in [-0.3, -0.25) is 14.4 Å². The molecule has 0 aliphatic carbocycles. The molecule has 3 N–H and O–H groups in total. The lowest BCUT2D eigenvalue weighted by Gasteiger charge is -2.15. The van der Waals surface area contributed by atoms with Gasteiger partial charge in [0.2, 0.25) is 17.7 Å². The molecule has 0 spiro atoms. The van der Waals surface area contributed by atoms with Crippen LogP contribution in [0.15, 0.2) is 12.2 Å². The number of amides is 3. The summed E-state index contributed by atoms with van der Waals surface area (Å²) in [4.78, 5) is 33.6. The molecule has 0 rings (SSSR count). The number of nitrogens with one attached hydrogen (secondary N) is 3. The maximum absolute atomic E-state index is 11.5. The second-order valence-electron chi connectivity index (χ2n) is 3.73. The minimum atomic E-state index is -0.543. The van der Waals surface area contributed by atoms with Gasteiger partial charge in [-0.2, -0.15) is 11.8 Å². The summed E-state index contributed by atoms with van der Waals surface area (Å²) in [6.45, 7) is 3.67. The van der Waals surface area contributed by atoms with E-state index in [1.54, 1.807) is 13.0 Å². The molecule has 0 radical (unpaired) electrons. The van der Waals surface area contributed by atoms with Crippen LogP contribution < -0.4 is 16.0 Å². The number of likely N-dealkylation sites (N-methyl/N-ethyl adjacent to an activating group) is 1. The zero-order valence-electron chi connectivity index (χ0n) is 11.5. The van der Waals surface area contributed by atoms with Gasteiger partial charge in [0.15, 0.2) is 0 Å². The van der Waals surface area contributed by atoms with E-state index < -0.39 is 6.04 Å². The molecule has 0 unspecified atom stereocenters. The zero-order chi connectivity index (χ0) is 14.7. The van der Waals surface area contributed by atoms with E-state index in [1.807, 2.05) is 0 Å². The summed E-state index contributed by atoms with van der Waals surface area (Å²) >= 11 is 1.49. The van der Waals surface area contributed by atoms with Crippen molar-refractivity contribution < 1.29 is 14.4 Å². The number of hydrogen-bond acceptors (Lipinski definition) is 4. The van der Waals surface area contributed by atoms with Gasteiger partial charge in [-0.1, -0.05) is 6.08 Å². The Morgan fingerprint density at radius 1 is 1.32 bits per heavy atom. The van der Waals surface area contributed by atoms with Crippen molar-refractivity contribution in [3.63, 3.8) is 0 Å². The van der Waals surface area contributed by atoms with Crippen molar-refractivity contribution in [2.24, 2.45) is 0 Å². The predicted octanol–water partition coefficient (Wildman–Crippen LogP) is -0.337. The van der Waals surface area contributed by atoms with Crippen molar-refractivity contribution in [2.75, 3.05) is 25.1 Å². The number of hydrogen-bond donors (Lipinski definition) is 3. The minimum absolute atomic E-state index is 0.132. The fraction of sp³-hybridized carbons (Fsp3) is 0.583. The molecule has 19 heavy (non-hydrogen) atoms. The van der Waals surface area contributed by atoms with Gasteiger partial charge in [0.25, 0.3) is 0 Å². The van der Waals surface area contributed by atoms with E-state index in [0.717, 1.165) is 0 Å². The Hall–Kier alpha value is -1.50. The predicted molar refractivity (Wildman–Crippen MR) is 76.8 cm³/mol. The first-order valence-electron chi connectivity index (χ1n) is 5.98. The van der Waals surface area contributed by atoms with Crippen molar-refractivity contribution in [1.29, 1.82) is 0 Å². The van der Waals surface area contributed by atoms with Gasteiger partial charge in [-0.25, -0.2) is 0 Å². The Morgan fingerprint density at radius 2 is 2.00 bits per heavy atom. The average Bonchev–Trinajstić information content (AvgIpc) is 2.36. The van der Waals surface area contributed by atoms with Crippen molar-refractivity contribution in [1.82, 2.24) is 16.0 Å². The van der Waals surface area contributed by atoms with Gasteiger partial charge in [-0.05, 0) is 13.0 Å². The number of thioether (sulfide) groups is 1. The summed E-state index contributed by atoms with van der Waals surface area (Å²) in [6, 6.07) is -0.543. The third kappa shape index (κ3) is 9.12. The third-order valence-electron chi connectivity index (χ3n) is 2.09. The molecule has 0 aromatic heterocycles. The molecule has 0 saturated carbocycles. The van der Waals surface area contributed by atoms with Crippen molar-refractivity contribution in [2.45, 2.75) is 19.9 Å². The van der Waals surface area contributed by atoms with Crippen LogP contribution in [0.25, 0.3) is 0 Å². The van der Waals surface area contributed by atoms with E-state index in [-0.39, 0.29) is 17.7 Å². The number of carbonyl (C=O) groups is 3. The van der Waals surface area contributed by atoms with Gasteiger partial charge >= 0.3 is 0 Å². The maximum atomic E-state index is 11.5. The van der Waals surface area contributed by atoms with Crippen LogP contribution in [0.2, 0.25) is 0 Å². The van der Waals surface area contributed by atoms with E-state index in [2.05, 4.69) is 16.0 Å². The van der Waals surface area contributed by atoms with Crippen LogP contribution in [0.3, 0.4) is 0 Å². The van der Waals surface area contributed by atoms with Crippen molar-refractivity contribution in [3.05, 3.63) is 12.2 Å². The molecule has 0 fully saturated rings. The first-order valence-corrected chi connectivity index (χ1v) is 7.13. The van der Waals surface area contributed by atoms with Crippen LogP contribution in [0.1, 0.15) is 13.8 Å². The van der Waals surface area contributed by atoms with Crippen LogP contribution in [-0.4, -0.2) is 48.9 Å². The van der Waals surface area contributed by atoms with Gasteiger partial charge in [-0.15, -0.1) is 0 Å². The van der Waals surface area contributed by atoms with E-state index in [4.69, 9.17) is 0 Å². The highest BCUT2D eigenvalue weighted by Gasteiger charge is 2.17. The van der Waals surface area contributed by atoms with Crippen LogP contribution in [0.4, 0.5) is 0 Å². The molecule has 108 valence electrons. The van der Waals surface area contributed by atoms with Crippen molar-refractivity contribution in [3.8, 4) is 0 Å². The van der Waals surface area contributed by atoms with E-state index in [0.29, 0.717) is 18.1 Å². The highest BCUT2D eigenvalue weighted by molar-refractivity contribution is 7.99. The van der Waals surface area contributed by atoms with Crippen molar-refractivity contribution >= 4 is 29.5 Å². The standard InChI is InChI=1S/C12H21N3O3S/c1-4-5-11(17)14-6-7-19-8-10(12(18)13-3)15-9(2)16/h4-5,10H,6-8H2,1-3H3,(H,13,18)(H,14,17)(H,15,16)/b5-4+/t10-/m0/s1. The van der Waals surface area contributed by atoms with Crippen LogP contribution in [-0.2, 0) is 14.4 Å². The SMILES string of the molecule is C/C=C/C(=O)NCCSC[C@H](NC(C)=O)C(=O)NC. The first kappa shape index (κ1) is 17.5. The Bertz CT molecular complexity index is 345. The second-order valence-corrected chi connectivity index (χ2v) is 4.88. The molecule has 6 nitrogen and oxygen atoms in total. The van der Waals surface area contributed by atoms with Gasteiger partial charge < -0.3 is 16.0 Å².